The second kappa shape index (κ2) is 10.5. The Hall–Kier alpha value is -1.45. The number of benzene rings is 1. The van der Waals surface area contributed by atoms with Crippen LogP contribution in [0.15, 0.2) is 35.2 Å². The van der Waals surface area contributed by atoms with Crippen LogP contribution in [0, 0.1) is 5.92 Å². The third-order valence-electron chi connectivity index (χ3n) is 5.36. The van der Waals surface area contributed by atoms with E-state index < -0.39 is 26.1 Å². The number of rotatable bonds is 10. The van der Waals surface area contributed by atoms with E-state index in [-0.39, 0.29) is 35.4 Å². The Morgan fingerprint density at radius 2 is 1.72 bits per heavy atom. The summed E-state index contributed by atoms with van der Waals surface area (Å²) in [4.78, 5) is 11.8. The van der Waals surface area contributed by atoms with Gasteiger partial charge >= 0.3 is 0 Å². The minimum Gasteiger partial charge on any atom is -0.356 e. The van der Waals surface area contributed by atoms with E-state index in [0.717, 1.165) is 23.0 Å². The van der Waals surface area contributed by atoms with Crippen molar-refractivity contribution in [3.8, 4) is 0 Å². The molecule has 0 bridgehead atoms. The van der Waals surface area contributed by atoms with E-state index in [9.17, 15) is 21.6 Å². The Kier molecular flexibility index (Phi) is 8.66. The lowest BCUT2D eigenvalue weighted by Gasteiger charge is -2.32. The van der Waals surface area contributed by atoms with E-state index in [1.807, 2.05) is 13.8 Å². The van der Waals surface area contributed by atoms with Crippen LogP contribution < -0.4 is 5.32 Å². The van der Waals surface area contributed by atoms with Gasteiger partial charge in [0.25, 0.3) is 10.0 Å². The van der Waals surface area contributed by atoms with Gasteiger partial charge in [0.2, 0.25) is 15.9 Å². The zero-order valence-electron chi connectivity index (χ0n) is 17.2. The van der Waals surface area contributed by atoms with Crippen molar-refractivity contribution in [2.75, 3.05) is 12.3 Å². The highest BCUT2D eigenvalue weighted by Gasteiger charge is 2.41. The number of hydrogen-bond donors (Lipinski definition) is 1. The van der Waals surface area contributed by atoms with Gasteiger partial charge in [-0.25, -0.2) is 16.8 Å². The Labute approximate surface area is 175 Å². The number of carbonyl (C=O) groups excluding carboxylic acids is 1. The third kappa shape index (κ3) is 6.26. The van der Waals surface area contributed by atoms with Crippen molar-refractivity contribution in [2.45, 2.75) is 69.7 Å². The molecular formula is C20H32N2O5S2. The molecule has 29 heavy (non-hydrogen) atoms. The van der Waals surface area contributed by atoms with Crippen LogP contribution in [-0.4, -0.2) is 44.8 Å². The topological polar surface area (TPSA) is 101 Å². The van der Waals surface area contributed by atoms with Crippen LogP contribution in [0.2, 0.25) is 0 Å². The van der Waals surface area contributed by atoms with Crippen LogP contribution in [0.1, 0.15) is 58.8 Å². The second-order valence-corrected chi connectivity index (χ2v) is 11.6. The van der Waals surface area contributed by atoms with Crippen molar-refractivity contribution in [3.63, 3.8) is 0 Å². The van der Waals surface area contributed by atoms with Crippen LogP contribution in [0.4, 0.5) is 0 Å². The number of hydrogen-bond acceptors (Lipinski definition) is 5. The number of sulfonamides is 2. The van der Waals surface area contributed by atoms with Crippen molar-refractivity contribution in [1.29, 1.82) is 0 Å². The van der Waals surface area contributed by atoms with Crippen LogP contribution in [-0.2, 0) is 24.8 Å². The highest BCUT2D eigenvalue weighted by atomic mass is 32.3. The van der Waals surface area contributed by atoms with Gasteiger partial charge in [-0.15, -0.1) is 0 Å². The largest absolute Gasteiger partial charge is 0.356 e. The van der Waals surface area contributed by atoms with E-state index >= 15 is 0 Å². The van der Waals surface area contributed by atoms with E-state index in [2.05, 4.69) is 5.32 Å². The molecule has 1 aliphatic carbocycles. The summed E-state index contributed by atoms with van der Waals surface area (Å²) in [6.07, 6.45) is 4.55. The molecule has 1 N–H and O–H groups in total. The molecule has 0 radical (unpaired) electrons. The molecular weight excluding hydrogens is 412 g/mol. The lowest BCUT2D eigenvalue weighted by atomic mass is 9.96. The molecule has 0 aromatic heterocycles. The minimum absolute atomic E-state index is 0.0146. The first-order chi connectivity index (χ1) is 13.7. The molecule has 0 spiro atoms. The standard InChI is InChI=1S/C20H32N2O5S2/c1-3-17(2)20(23)21-15-10-16-28(24,25)22(18-11-6-4-7-12-18)29(26,27)19-13-8-5-9-14-19/h5,8-9,13-14,17-18H,3-4,6-7,10-12,15-16H2,1-2H3,(H,21,23). The highest BCUT2D eigenvalue weighted by molar-refractivity contribution is 8.04. The Balaban J connectivity index is 2.18. The first kappa shape index (κ1) is 23.8. The predicted octanol–water partition coefficient (Wildman–Crippen LogP) is 2.89. The van der Waals surface area contributed by atoms with E-state index in [4.69, 9.17) is 0 Å². The molecule has 1 saturated carbocycles. The molecule has 1 amide bonds. The summed E-state index contributed by atoms with van der Waals surface area (Å²) in [6, 6.07) is 7.17. The van der Waals surface area contributed by atoms with Crippen molar-refractivity contribution in [3.05, 3.63) is 30.3 Å². The summed E-state index contributed by atoms with van der Waals surface area (Å²) in [5.74, 6) is -0.578. The Morgan fingerprint density at radius 3 is 2.31 bits per heavy atom. The number of carbonyl (C=O) groups is 1. The van der Waals surface area contributed by atoms with Crippen LogP contribution >= 0.6 is 0 Å². The summed E-state index contributed by atoms with van der Waals surface area (Å²) in [6.45, 7) is 3.92. The fraction of sp³-hybridized carbons (Fsp3) is 0.650. The van der Waals surface area contributed by atoms with Crippen molar-refractivity contribution in [2.24, 2.45) is 5.92 Å². The van der Waals surface area contributed by atoms with Crippen molar-refractivity contribution in [1.82, 2.24) is 9.03 Å². The number of nitrogens with zero attached hydrogens (tertiary/aromatic N) is 1. The number of amides is 1. The number of nitrogens with one attached hydrogen (secondary N) is 1. The molecule has 1 atom stereocenters. The zero-order chi connectivity index (χ0) is 21.5. The molecule has 2 rings (SSSR count). The minimum atomic E-state index is -4.17. The van der Waals surface area contributed by atoms with Crippen molar-refractivity contribution < 1.29 is 21.6 Å². The van der Waals surface area contributed by atoms with Gasteiger partial charge in [0.15, 0.2) is 0 Å². The van der Waals surface area contributed by atoms with E-state index in [1.54, 1.807) is 18.2 Å². The molecule has 164 valence electrons. The maximum atomic E-state index is 13.2. The molecule has 1 fully saturated rings. The van der Waals surface area contributed by atoms with Gasteiger partial charge in [0.05, 0.1) is 10.6 Å². The van der Waals surface area contributed by atoms with Crippen molar-refractivity contribution >= 4 is 26.0 Å². The average Bonchev–Trinajstić information content (AvgIpc) is 2.71. The van der Waals surface area contributed by atoms with Gasteiger partial charge in [0.1, 0.15) is 0 Å². The second-order valence-electron chi connectivity index (χ2n) is 7.61. The summed E-state index contributed by atoms with van der Waals surface area (Å²) in [5.41, 5.74) is 0. The van der Waals surface area contributed by atoms with Crippen LogP contribution in [0.25, 0.3) is 0 Å². The summed E-state index contributed by atoms with van der Waals surface area (Å²) >= 11 is 0. The van der Waals surface area contributed by atoms with Crippen LogP contribution in [0.3, 0.4) is 0 Å². The smallest absolute Gasteiger partial charge is 0.256 e. The predicted molar refractivity (Wildman–Crippen MR) is 113 cm³/mol. The first-order valence-electron chi connectivity index (χ1n) is 10.3. The molecule has 1 aromatic rings. The lowest BCUT2D eigenvalue weighted by Crippen LogP contribution is -2.46. The molecule has 0 heterocycles. The molecule has 7 nitrogen and oxygen atoms in total. The van der Waals surface area contributed by atoms with E-state index in [1.165, 1.54) is 12.1 Å². The summed E-state index contributed by atoms with van der Waals surface area (Å²) < 4.78 is 53.4. The zero-order valence-corrected chi connectivity index (χ0v) is 18.8. The maximum Gasteiger partial charge on any atom is 0.256 e. The molecule has 1 aromatic carbocycles. The third-order valence-corrected chi connectivity index (χ3v) is 9.92. The first-order valence-corrected chi connectivity index (χ1v) is 13.3. The SMILES string of the molecule is CCC(C)C(=O)NCCCS(=O)(=O)N(C1CCCCC1)S(=O)(=O)c1ccccc1. The molecule has 0 aliphatic heterocycles. The van der Waals surface area contributed by atoms with Gasteiger partial charge in [-0.1, -0.05) is 55.0 Å². The fourth-order valence-corrected chi connectivity index (χ4v) is 7.82. The van der Waals surface area contributed by atoms with Gasteiger partial charge in [-0.05, 0) is 37.8 Å². The lowest BCUT2D eigenvalue weighted by molar-refractivity contribution is -0.124. The van der Waals surface area contributed by atoms with Gasteiger partial charge < -0.3 is 5.32 Å². The fourth-order valence-electron chi connectivity index (χ4n) is 3.48. The monoisotopic (exact) mass is 444 g/mol. The average molecular weight is 445 g/mol. The maximum absolute atomic E-state index is 13.2. The molecule has 1 unspecified atom stereocenters. The van der Waals surface area contributed by atoms with Gasteiger partial charge in [-0.3, -0.25) is 4.79 Å². The van der Waals surface area contributed by atoms with Gasteiger partial charge in [-0.2, -0.15) is 0 Å². The summed E-state index contributed by atoms with van der Waals surface area (Å²) in [5, 5.41) is 2.72. The molecule has 1 aliphatic rings. The molecule has 9 heteroatoms. The molecule has 0 saturated heterocycles. The quantitative estimate of drug-likeness (QED) is 0.559. The Morgan fingerprint density at radius 1 is 1.10 bits per heavy atom. The Bertz CT molecular complexity index is 863. The highest BCUT2D eigenvalue weighted by Crippen LogP contribution is 2.30. The van der Waals surface area contributed by atoms with E-state index in [0.29, 0.717) is 19.3 Å². The normalized spacial score (nSPS) is 17.2. The van der Waals surface area contributed by atoms with Gasteiger partial charge in [0, 0.05) is 18.5 Å². The summed E-state index contributed by atoms with van der Waals surface area (Å²) in [7, 11) is -8.23. The van der Waals surface area contributed by atoms with Crippen LogP contribution in [0.5, 0.6) is 0 Å².